The van der Waals surface area contributed by atoms with Gasteiger partial charge in [0.25, 0.3) is 5.56 Å². The number of aryl methyl sites for hydroxylation is 1. The molecular formula is C20H17FN2O4. The quantitative estimate of drug-likeness (QED) is 0.678. The second-order valence-corrected chi connectivity index (χ2v) is 5.97. The number of fused-ring (bicyclic) bond motifs is 1. The number of amides is 1. The number of carbonyl (C=O) groups is 2. The standard InChI is InChI=1S/C20H17FN2O4/c1-27-20(26)12-3-7-16(8-4-12)22-18(24)9-5-14-10-13-2-6-15(21)11-17(13)23-19(14)25/h2-4,6-8,10-11H,5,9H2,1H3,(H,22,24)(H,23,25). The van der Waals surface area contributed by atoms with E-state index in [0.29, 0.717) is 27.7 Å². The van der Waals surface area contributed by atoms with Gasteiger partial charge in [-0.2, -0.15) is 0 Å². The van der Waals surface area contributed by atoms with Gasteiger partial charge in [0.2, 0.25) is 5.91 Å². The van der Waals surface area contributed by atoms with E-state index in [1.54, 1.807) is 36.4 Å². The van der Waals surface area contributed by atoms with E-state index in [4.69, 9.17) is 0 Å². The maximum atomic E-state index is 13.2. The lowest BCUT2D eigenvalue weighted by atomic mass is 10.1. The maximum absolute atomic E-state index is 13.2. The molecule has 3 rings (SSSR count). The summed E-state index contributed by atoms with van der Waals surface area (Å²) in [6.07, 6.45) is 0.350. The van der Waals surface area contributed by atoms with Gasteiger partial charge in [-0.3, -0.25) is 9.59 Å². The molecule has 0 atom stereocenters. The minimum absolute atomic E-state index is 0.106. The molecular weight excluding hydrogens is 351 g/mol. The van der Waals surface area contributed by atoms with E-state index in [1.807, 2.05) is 0 Å². The topological polar surface area (TPSA) is 88.3 Å². The molecule has 7 heteroatoms. The Morgan fingerprint density at radius 1 is 1.11 bits per heavy atom. The van der Waals surface area contributed by atoms with E-state index in [0.717, 1.165) is 0 Å². The summed E-state index contributed by atoms with van der Waals surface area (Å²) in [5.74, 6) is -1.15. The number of nitrogens with one attached hydrogen (secondary N) is 2. The number of rotatable bonds is 5. The molecule has 1 heterocycles. The van der Waals surface area contributed by atoms with Crippen molar-refractivity contribution in [2.75, 3.05) is 12.4 Å². The Balaban J connectivity index is 1.64. The summed E-state index contributed by atoms with van der Waals surface area (Å²) in [4.78, 5) is 38.2. The van der Waals surface area contributed by atoms with Gasteiger partial charge in [0, 0.05) is 17.7 Å². The summed E-state index contributed by atoms with van der Waals surface area (Å²) in [6.45, 7) is 0. The summed E-state index contributed by atoms with van der Waals surface area (Å²) >= 11 is 0. The van der Waals surface area contributed by atoms with E-state index < -0.39 is 11.8 Å². The fourth-order valence-corrected chi connectivity index (χ4v) is 2.68. The van der Waals surface area contributed by atoms with E-state index in [9.17, 15) is 18.8 Å². The summed E-state index contributed by atoms with van der Waals surface area (Å²) in [7, 11) is 1.29. The van der Waals surface area contributed by atoms with Crippen LogP contribution in [0.1, 0.15) is 22.3 Å². The van der Waals surface area contributed by atoms with Gasteiger partial charge < -0.3 is 15.0 Å². The number of pyridine rings is 1. The SMILES string of the molecule is COC(=O)c1ccc(NC(=O)CCc2cc3ccc(F)cc3[nH]c2=O)cc1. The number of halogens is 1. The smallest absolute Gasteiger partial charge is 0.337 e. The van der Waals surface area contributed by atoms with Crippen LogP contribution >= 0.6 is 0 Å². The monoisotopic (exact) mass is 368 g/mol. The molecule has 6 nitrogen and oxygen atoms in total. The lowest BCUT2D eigenvalue weighted by molar-refractivity contribution is -0.116. The van der Waals surface area contributed by atoms with Gasteiger partial charge in [0.05, 0.1) is 18.2 Å². The molecule has 1 aromatic heterocycles. The van der Waals surface area contributed by atoms with Crippen LogP contribution in [0.5, 0.6) is 0 Å². The Morgan fingerprint density at radius 3 is 2.56 bits per heavy atom. The molecule has 27 heavy (non-hydrogen) atoms. The second kappa shape index (κ2) is 7.82. The van der Waals surface area contributed by atoms with Gasteiger partial charge in [-0.25, -0.2) is 9.18 Å². The van der Waals surface area contributed by atoms with Crippen LogP contribution in [0.3, 0.4) is 0 Å². The van der Waals surface area contributed by atoms with Crippen LogP contribution in [0.15, 0.2) is 53.3 Å². The van der Waals surface area contributed by atoms with Gasteiger partial charge in [-0.05, 0) is 60.3 Å². The molecule has 0 saturated heterocycles. The maximum Gasteiger partial charge on any atom is 0.337 e. The molecule has 0 saturated carbocycles. The molecule has 0 aliphatic rings. The summed E-state index contributed by atoms with van der Waals surface area (Å²) in [6, 6.07) is 12.1. The normalized spacial score (nSPS) is 10.6. The number of aromatic nitrogens is 1. The number of carbonyl (C=O) groups excluding carboxylic acids is 2. The first kappa shape index (κ1) is 18.3. The van der Waals surface area contributed by atoms with Crippen molar-refractivity contribution in [3.05, 3.63) is 75.8 Å². The van der Waals surface area contributed by atoms with E-state index in [2.05, 4.69) is 15.0 Å². The Bertz CT molecular complexity index is 1060. The molecule has 0 spiro atoms. The zero-order chi connectivity index (χ0) is 19.4. The fraction of sp³-hybridized carbons (Fsp3) is 0.150. The number of methoxy groups -OCH3 is 1. The highest BCUT2D eigenvalue weighted by Crippen LogP contribution is 2.14. The van der Waals surface area contributed by atoms with E-state index in [1.165, 1.54) is 19.2 Å². The largest absolute Gasteiger partial charge is 0.465 e. The number of esters is 1. The van der Waals surface area contributed by atoms with Gasteiger partial charge in [0.15, 0.2) is 0 Å². The van der Waals surface area contributed by atoms with Crippen molar-refractivity contribution >= 4 is 28.5 Å². The molecule has 0 fully saturated rings. The molecule has 1 amide bonds. The molecule has 0 aliphatic heterocycles. The van der Waals surface area contributed by atoms with Crippen molar-refractivity contribution in [3.8, 4) is 0 Å². The predicted molar refractivity (Wildman–Crippen MR) is 99.3 cm³/mol. The molecule has 0 unspecified atom stereocenters. The zero-order valence-corrected chi connectivity index (χ0v) is 14.5. The van der Waals surface area contributed by atoms with Crippen LogP contribution < -0.4 is 10.9 Å². The average molecular weight is 368 g/mol. The lowest BCUT2D eigenvalue weighted by Gasteiger charge is -2.07. The number of hydrogen-bond donors (Lipinski definition) is 2. The number of hydrogen-bond acceptors (Lipinski definition) is 4. The highest BCUT2D eigenvalue weighted by Gasteiger charge is 2.09. The molecule has 2 N–H and O–H groups in total. The minimum Gasteiger partial charge on any atom is -0.465 e. The van der Waals surface area contributed by atoms with Gasteiger partial charge in [-0.1, -0.05) is 0 Å². The van der Waals surface area contributed by atoms with Crippen molar-refractivity contribution in [3.63, 3.8) is 0 Å². The molecule has 0 bridgehead atoms. The first-order valence-electron chi connectivity index (χ1n) is 8.26. The minimum atomic E-state index is -0.455. The van der Waals surface area contributed by atoms with Crippen LogP contribution in [0, 0.1) is 5.82 Å². The molecule has 0 aliphatic carbocycles. The fourth-order valence-electron chi connectivity index (χ4n) is 2.68. The van der Waals surface area contributed by atoms with Crippen molar-refractivity contribution in [1.82, 2.24) is 4.98 Å². The number of H-pyrrole nitrogens is 1. The van der Waals surface area contributed by atoms with E-state index >= 15 is 0 Å². The first-order valence-corrected chi connectivity index (χ1v) is 8.26. The third-order valence-electron chi connectivity index (χ3n) is 4.10. The first-order chi connectivity index (χ1) is 13.0. The zero-order valence-electron chi connectivity index (χ0n) is 14.5. The van der Waals surface area contributed by atoms with Gasteiger partial charge in [0.1, 0.15) is 5.82 Å². The lowest BCUT2D eigenvalue weighted by Crippen LogP contribution is -2.17. The van der Waals surface area contributed by atoms with Crippen LogP contribution in [-0.2, 0) is 16.0 Å². The number of ether oxygens (including phenoxy) is 1. The summed E-state index contributed by atoms with van der Waals surface area (Å²) in [5.41, 5.74) is 1.44. The molecule has 3 aromatic rings. The third-order valence-corrected chi connectivity index (χ3v) is 4.10. The van der Waals surface area contributed by atoms with Crippen LogP contribution in [0.4, 0.5) is 10.1 Å². The average Bonchev–Trinajstić information content (AvgIpc) is 2.66. The summed E-state index contributed by atoms with van der Waals surface area (Å²) in [5, 5.41) is 3.41. The van der Waals surface area contributed by atoms with Crippen LogP contribution in [0.2, 0.25) is 0 Å². The Hall–Kier alpha value is -3.48. The number of anilines is 1. The second-order valence-electron chi connectivity index (χ2n) is 5.97. The number of aromatic amines is 1. The molecule has 138 valence electrons. The summed E-state index contributed by atoms with van der Waals surface area (Å²) < 4.78 is 17.8. The van der Waals surface area contributed by atoms with Crippen molar-refractivity contribution in [1.29, 1.82) is 0 Å². The Labute approximate surface area is 154 Å². The van der Waals surface area contributed by atoms with Gasteiger partial charge >= 0.3 is 5.97 Å². The molecule has 2 aromatic carbocycles. The predicted octanol–water partition coefficient (Wildman–Crippen LogP) is 3.03. The van der Waals surface area contributed by atoms with Crippen molar-refractivity contribution < 1.29 is 18.7 Å². The van der Waals surface area contributed by atoms with E-state index in [-0.39, 0.29) is 24.3 Å². The highest BCUT2D eigenvalue weighted by atomic mass is 19.1. The third kappa shape index (κ3) is 4.38. The Kier molecular flexibility index (Phi) is 5.30. The van der Waals surface area contributed by atoms with Crippen LogP contribution in [-0.4, -0.2) is 24.0 Å². The number of benzene rings is 2. The van der Waals surface area contributed by atoms with Crippen molar-refractivity contribution in [2.24, 2.45) is 0 Å². The molecule has 0 radical (unpaired) electrons. The van der Waals surface area contributed by atoms with Crippen LogP contribution in [0.25, 0.3) is 10.9 Å². The highest BCUT2D eigenvalue weighted by molar-refractivity contribution is 5.93. The Morgan fingerprint density at radius 2 is 1.85 bits per heavy atom. The van der Waals surface area contributed by atoms with Gasteiger partial charge in [-0.15, -0.1) is 0 Å². The van der Waals surface area contributed by atoms with Crippen molar-refractivity contribution in [2.45, 2.75) is 12.8 Å².